The van der Waals surface area contributed by atoms with Crippen molar-refractivity contribution in [1.29, 1.82) is 0 Å². The molecule has 0 saturated carbocycles. The van der Waals surface area contributed by atoms with E-state index in [1.54, 1.807) is 23.2 Å². The van der Waals surface area contributed by atoms with Gasteiger partial charge in [-0.05, 0) is 73.2 Å². The molecule has 0 atom stereocenters. The summed E-state index contributed by atoms with van der Waals surface area (Å²) in [6.07, 6.45) is 14.0. The van der Waals surface area contributed by atoms with Gasteiger partial charge in [-0.25, -0.2) is 0 Å². The molecule has 1 aromatic heterocycles. The number of hydrogen-bond donors (Lipinski definition) is 1. The summed E-state index contributed by atoms with van der Waals surface area (Å²) in [5.74, 6) is -0.140. The van der Waals surface area contributed by atoms with Gasteiger partial charge in [0.15, 0.2) is 5.78 Å². The van der Waals surface area contributed by atoms with Gasteiger partial charge in [0.1, 0.15) is 0 Å². The number of ketones is 1. The number of carbonyl (C=O) groups is 2. The normalized spacial score (nSPS) is 17.4. The summed E-state index contributed by atoms with van der Waals surface area (Å²) in [5.41, 5.74) is 8.98. The van der Waals surface area contributed by atoms with Gasteiger partial charge in [0, 0.05) is 30.4 Å². The van der Waals surface area contributed by atoms with Gasteiger partial charge in [-0.3, -0.25) is 19.2 Å². The molecule has 1 fully saturated rings. The maximum absolute atomic E-state index is 13.0. The van der Waals surface area contributed by atoms with Crippen LogP contribution in [-0.4, -0.2) is 39.5 Å². The van der Waals surface area contributed by atoms with E-state index in [0.717, 1.165) is 24.1 Å². The van der Waals surface area contributed by atoms with Gasteiger partial charge in [0.2, 0.25) is 0 Å². The predicted molar refractivity (Wildman–Crippen MR) is 153 cm³/mol. The van der Waals surface area contributed by atoms with Crippen LogP contribution in [-0.2, 0) is 24.3 Å². The molecule has 6 heteroatoms. The summed E-state index contributed by atoms with van der Waals surface area (Å²) in [6.45, 7) is 5.99. The second kappa shape index (κ2) is 11.0. The van der Waals surface area contributed by atoms with Crippen LogP contribution in [0.15, 0.2) is 83.9 Å². The van der Waals surface area contributed by atoms with Crippen molar-refractivity contribution in [3.05, 3.63) is 117 Å². The molecule has 0 unspecified atom stereocenters. The van der Waals surface area contributed by atoms with Crippen LogP contribution in [0.3, 0.4) is 0 Å². The number of carbonyl (C=O) groups excluding carboxylic acids is 2. The smallest absolute Gasteiger partial charge is 0.258 e. The van der Waals surface area contributed by atoms with Crippen LogP contribution < -0.4 is 5.32 Å². The van der Waals surface area contributed by atoms with Gasteiger partial charge in [-0.2, -0.15) is 5.10 Å². The van der Waals surface area contributed by atoms with Crippen LogP contribution in [0.2, 0.25) is 0 Å². The van der Waals surface area contributed by atoms with E-state index >= 15 is 0 Å². The Balaban J connectivity index is 1.12. The molecule has 1 aliphatic heterocycles. The number of amides is 1. The van der Waals surface area contributed by atoms with E-state index in [4.69, 9.17) is 0 Å². The molecule has 198 valence electrons. The molecular formula is C33H34N4O2. The van der Waals surface area contributed by atoms with E-state index in [0.29, 0.717) is 23.4 Å². The number of allylic oxidation sites excluding steroid dienone is 4. The number of aryl methyl sites for hydroxylation is 1. The third-order valence-corrected chi connectivity index (χ3v) is 7.85. The SMILES string of the molecule is Cc1ccc(Cn2cc(C(=O)NC3=CCC(=O)C(C4=Cc5cc(CN6CCCCC6)ccc5C4)=C3)cn2)cc1. The number of rotatable bonds is 7. The number of hydrogen-bond acceptors (Lipinski definition) is 4. The molecule has 3 aromatic rings. The zero-order valence-electron chi connectivity index (χ0n) is 22.5. The van der Waals surface area contributed by atoms with Crippen LogP contribution in [0.4, 0.5) is 0 Å². The molecule has 6 nitrogen and oxygen atoms in total. The monoisotopic (exact) mass is 518 g/mol. The molecular weight excluding hydrogens is 484 g/mol. The fourth-order valence-electron chi connectivity index (χ4n) is 5.65. The summed E-state index contributed by atoms with van der Waals surface area (Å²) in [5, 5.41) is 7.34. The second-order valence-electron chi connectivity index (χ2n) is 10.9. The number of fused-ring (bicyclic) bond motifs is 1. The van der Waals surface area contributed by atoms with E-state index in [1.807, 2.05) is 6.08 Å². The third kappa shape index (κ3) is 5.86. The third-order valence-electron chi connectivity index (χ3n) is 7.85. The lowest BCUT2D eigenvalue weighted by molar-refractivity contribution is -0.114. The summed E-state index contributed by atoms with van der Waals surface area (Å²) >= 11 is 0. The minimum absolute atomic E-state index is 0.0894. The largest absolute Gasteiger partial charge is 0.322 e. The highest BCUT2D eigenvalue weighted by Gasteiger charge is 2.24. The quantitative estimate of drug-likeness (QED) is 0.456. The molecule has 1 amide bonds. The first-order valence-electron chi connectivity index (χ1n) is 13.9. The van der Waals surface area contributed by atoms with Gasteiger partial charge in [-0.1, -0.05) is 66.6 Å². The van der Waals surface area contributed by atoms with Crippen molar-refractivity contribution < 1.29 is 9.59 Å². The van der Waals surface area contributed by atoms with Crippen molar-refractivity contribution in [3.8, 4) is 0 Å². The highest BCUT2D eigenvalue weighted by molar-refractivity contribution is 6.04. The van der Waals surface area contributed by atoms with Crippen molar-refractivity contribution in [2.75, 3.05) is 13.1 Å². The maximum atomic E-state index is 13.0. The van der Waals surface area contributed by atoms with Gasteiger partial charge in [-0.15, -0.1) is 0 Å². The Kier molecular flexibility index (Phi) is 7.12. The molecule has 1 saturated heterocycles. The fourth-order valence-corrected chi connectivity index (χ4v) is 5.65. The fraction of sp³-hybridized carbons (Fsp3) is 0.303. The summed E-state index contributed by atoms with van der Waals surface area (Å²) in [6, 6.07) is 15.0. The minimum atomic E-state index is -0.229. The van der Waals surface area contributed by atoms with Crippen molar-refractivity contribution in [2.45, 2.75) is 52.1 Å². The first-order valence-corrected chi connectivity index (χ1v) is 13.9. The Morgan fingerprint density at radius 2 is 1.77 bits per heavy atom. The molecule has 6 rings (SSSR count). The van der Waals surface area contributed by atoms with Crippen molar-refractivity contribution in [3.63, 3.8) is 0 Å². The lowest BCUT2D eigenvalue weighted by Crippen LogP contribution is -2.29. The summed E-state index contributed by atoms with van der Waals surface area (Å²) in [4.78, 5) is 28.4. The van der Waals surface area contributed by atoms with Crippen LogP contribution in [0.1, 0.15) is 63.9 Å². The first kappa shape index (κ1) is 25.3. The Labute approximate surface area is 229 Å². The number of Topliss-reactive ketones (excluding diaryl/α,β-unsaturated/α-hetero) is 1. The topological polar surface area (TPSA) is 67.2 Å². The molecule has 2 heterocycles. The average Bonchev–Trinajstić information content (AvgIpc) is 3.59. The lowest BCUT2D eigenvalue weighted by atomic mass is 9.93. The Hall–Kier alpha value is -4.03. The van der Waals surface area contributed by atoms with Crippen molar-refractivity contribution >= 4 is 17.8 Å². The van der Waals surface area contributed by atoms with Gasteiger partial charge >= 0.3 is 0 Å². The second-order valence-corrected chi connectivity index (χ2v) is 10.9. The Morgan fingerprint density at radius 1 is 0.974 bits per heavy atom. The molecule has 39 heavy (non-hydrogen) atoms. The molecule has 2 aliphatic carbocycles. The molecule has 2 aromatic carbocycles. The molecule has 0 spiro atoms. The number of nitrogens with one attached hydrogen (secondary N) is 1. The van der Waals surface area contributed by atoms with Crippen molar-refractivity contribution in [1.82, 2.24) is 20.0 Å². The van der Waals surface area contributed by atoms with E-state index in [1.165, 1.54) is 54.6 Å². The zero-order chi connectivity index (χ0) is 26.8. The minimum Gasteiger partial charge on any atom is -0.322 e. The molecule has 0 radical (unpaired) electrons. The highest BCUT2D eigenvalue weighted by Crippen LogP contribution is 2.33. The highest BCUT2D eigenvalue weighted by atomic mass is 16.1. The number of nitrogens with zero attached hydrogens (tertiary/aromatic N) is 3. The summed E-state index contributed by atoms with van der Waals surface area (Å²) in [7, 11) is 0. The van der Waals surface area contributed by atoms with Crippen LogP contribution in [0.5, 0.6) is 0 Å². The first-order chi connectivity index (χ1) is 19.0. The zero-order valence-corrected chi connectivity index (χ0v) is 22.5. The molecule has 0 bridgehead atoms. The van der Waals surface area contributed by atoms with Gasteiger partial charge in [0.05, 0.1) is 18.3 Å². The standard InChI is InChI=1S/C33H34N4O2/c1-23-5-7-24(8-6-23)21-37-22-29(19-34-37)33(39)35-30-11-12-32(38)31(18-30)28-16-26-10-9-25(15-27(26)17-28)20-36-13-3-2-4-14-36/h5-11,15,17-19,22H,2-4,12-14,16,20-21H2,1H3,(H,35,39). The lowest BCUT2D eigenvalue weighted by Gasteiger charge is -2.26. The number of aromatic nitrogens is 2. The van der Waals surface area contributed by atoms with Crippen molar-refractivity contribution in [2.24, 2.45) is 0 Å². The van der Waals surface area contributed by atoms with Crippen LogP contribution >= 0.6 is 0 Å². The number of benzene rings is 2. The van der Waals surface area contributed by atoms with Gasteiger partial charge < -0.3 is 5.32 Å². The predicted octanol–water partition coefficient (Wildman–Crippen LogP) is 5.38. The maximum Gasteiger partial charge on any atom is 0.258 e. The average molecular weight is 519 g/mol. The Bertz CT molecular complexity index is 1500. The molecule has 1 N–H and O–H groups in total. The van der Waals surface area contributed by atoms with E-state index in [-0.39, 0.29) is 18.1 Å². The molecule has 3 aliphatic rings. The Morgan fingerprint density at radius 3 is 2.59 bits per heavy atom. The summed E-state index contributed by atoms with van der Waals surface area (Å²) < 4.78 is 1.76. The van der Waals surface area contributed by atoms with E-state index in [9.17, 15) is 9.59 Å². The number of likely N-dealkylation sites (tertiary alicyclic amines) is 1. The number of piperidine rings is 1. The van der Waals surface area contributed by atoms with Crippen LogP contribution in [0, 0.1) is 6.92 Å². The van der Waals surface area contributed by atoms with E-state index < -0.39 is 0 Å². The van der Waals surface area contributed by atoms with Crippen LogP contribution in [0.25, 0.3) is 6.08 Å². The van der Waals surface area contributed by atoms with E-state index in [2.05, 4.69) is 70.8 Å². The van der Waals surface area contributed by atoms with Gasteiger partial charge in [0.25, 0.3) is 5.91 Å².